The van der Waals surface area contributed by atoms with E-state index in [0.29, 0.717) is 0 Å². The molecule has 0 amide bonds. The molecule has 0 saturated carbocycles. The summed E-state index contributed by atoms with van der Waals surface area (Å²) < 4.78 is 0. The van der Waals surface area contributed by atoms with E-state index < -0.39 is 0 Å². The lowest BCUT2D eigenvalue weighted by Crippen LogP contribution is -2.10. The standard InChI is InChI=1S/C11H10O/c12-11-9-5-1-2-6-10(11)8-4-3-7-9/h1-7,10H,8H2. The summed E-state index contributed by atoms with van der Waals surface area (Å²) in [7, 11) is 0. The fourth-order valence-electron chi connectivity index (χ4n) is 1.46. The largest absolute Gasteiger partial charge is 0.294 e. The number of hydrogen-bond donors (Lipinski definition) is 0. The van der Waals surface area contributed by atoms with Crippen molar-refractivity contribution in [2.75, 3.05) is 0 Å². The smallest absolute Gasteiger partial charge is 0.170 e. The molecule has 1 nitrogen and oxygen atoms in total. The van der Waals surface area contributed by atoms with Crippen LogP contribution in [0.3, 0.4) is 0 Å². The van der Waals surface area contributed by atoms with Gasteiger partial charge in [0.05, 0.1) is 0 Å². The average molecular weight is 158 g/mol. The molecule has 0 N–H and O–H groups in total. The van der Waals surface area contributed by atoms with Crippen molar-refractivity contribution in [3.05, 3.63) is 48.1 Å². The van der Waals surface area contributed by atoms with Crippen LogP contribution in [0.5, 0.6) is 0 Å². The second kappa shape index (κ2) is 2.94. The van der Waals surface area contributed by atoms with E-state index in [9.17, 15) is 4.79 Å². The van der Waals surface area contributed by atoms with Crippen LogP contribution in [0, 0.1) is 5.92 Å². The molecule has 12 heavy (non-hydrogen) atoms. The summed E-state index contributed by atoms with van der Waals surface area (Å²) in [6, 6.07) is 0. The molecule has 0 spiro atoms. The van der Waals surface area contributed by atoms with E-state index >= 15 is 0 Å². The monoisotopic (exact) mass is 158 g/mol. The molecule has 60 valence electrons. The second-order valence-electron chi connectivity index (χ2n) is 3.00. The summed E-state index contributed by atoms with van der Waals surface area (Å²) in [4.78, 5) is 11.6. The lowest BCUT2D eigenvalue weighted by atomic mass is 9.97. The van der Waals surface area contributed by atoms with Crippen molar-refractivity contribution < 1.29 is 4.79 Å². The molecule has 0 fully saturated rings. The highest BCUT2D eigenvalue weighted by Gasteiger charge is 2.19. The van der Waals surface area contributed by atoms with Gasteiger partial charge in [0.1, 0.15) is 0 Å². The number of allylic oxidation sites excluding steroid dienone is 8. The highest BCUT2D eigenvalue weighted by atomic mass is 16.1. The molecule has 2 aliphatic carbocycles. The Labute approximate surface area is 71.8 Å². The zero-order valence-corrected chi connectivity index (χ0v) is 6.73. The van der Waals surface area contributed by atoms with Crippen LogP contribution >= 0.6 is 0 Å². The third-order valence-corrected chi connectivity index (χ3v) is 2.15. The maximum atomic E-state index is 11.6. The van der Waals surface area contributed by atoms with Crippen LogP contribution < -0.4 is 0 Å². The lowest BCUT2D eigenvalue weighted by molar-refractivity contribution is -0.117. The Hall–Kier alpha value is -1.37. The third-order valence-electron chi connectivity index (χ3n) is 2.15. The van der Waals surface area contributed by atoms with E-state index in [1.165, 1.54) is 0 Å². The van der Waals surface area contributed by atoms with Crippen LogP contribution in [0.2, 0.25) is 0 Å². The summed E-state index contributed by atoms with van der Waals surface area (Å²) in [5.74, 6) is 0.301. The van der Waals surface area contributed by atoms with Crippen molar-refractivity contribution in [1.29, 1.82) is 0 Å². The van der Waals surface area contributed by atoms with Crippen molar-refractivity contribution in [3.63, 3.8) is 0 Å². The minimum absolute atomic E-state index is 0.0602. The maximum Gasteiger partial charge on any atom is 0.170 e. The minimum Gasteiger partial charge on any atom is -0.294 e. The predicted molar refractivity (Wildman–Crippen MR) is 48.6 cm³/mol. The average Bonchev–Trinajstić information content (AvgIpc) is 2.37. The van der Waals surface area contributed by atoms with E-state index in [4.69, 9.17) is 0 Å². The maximum absolute atomic E-state index is 11.6. The summed E-state index contributed by atoms with van der Waals surface area (Å²) in [6.45, 7) is 0. The highest BCUT2D eigenvalue weighted by molar-refractivity contribution is 6.01. The molecule has 2 rings (SSSR count). The van der Waals surface area contributed by atoms with Crippen LogP contribution in [0.1, 0.15) is 6.42 Å². The summed E-state index contributed by atoms with van der Waals surface area (Å²) >= 11 is 0. The topological polar surface area (TPSA) is 17.1 Å². The van der Waals surface area contributed by atoms with Crippen molar-refractivity contribution in [2.24, 2.45) is 5.92 Å². The third kappa shape index (κ3) is 1.18. The molecule has 0 aromatic carbocycles. The molecule has 1 unspecified atom stereocenters. The molecule has 1 atom stereocenters. The molecule has 2 aliphatic rings. The molecular weight excluding hydrogens is 148 g/mol. The normalized spacial score (nSPS) is 26.5. The Morgan fingerprint density at radius 1 is 1.25 bits per heavy atom. The van der Waals surface area contributed by atoms with Gasteiger partial charge >= 0.3 is 0 Å². The van der Waals surface area contributed by atoms with E-state index in [2.05, 4.69) is 0 Å². The molecule has 2 bridgehead atoms. The fourth-order valence-corrected chi connectivity index (χ4v) is 1.46. The Balaban J connectivity index is 2.46. The second-order valence-corrected chi connectivity index (χ2v) is 3.00. The van der Waals surface area contributed by atoms with E-state index in [0.717, 1.165) is 12.0 Å². The van der Waals surface area contributed by atoms with Crippen molar-refractivity contribution in [1.82, 2.24) is 0 Å². The highest BCUT2D eigenvalue weighted by Crippen LogP contribution is 2.20. The first-order valence-electron chi connectivity index (χ1n) is 4.14. The summed E-state index contributed by atoms with van der Waals surface area (Å²) in [5, 5.41) is 0. The van der Waals surface area contributed by atoms with E-state index in [1.807, 2.05) is 42.5 Å². The van der Waals surface area contributed by atoms with Gasteiger partial charge in [-0.05, 0) is 6.42 Å². The summed E-state index contributed by atoms with van der Waals surface area (Å²) in [5.41, 5.74) is 0.818. The van der Waals surface area contributed by atoms with Gasteiger partial charge in [0.25, 0.3) is 0 Å². The molecule has 0 radical (unpaired) electrons. The van der Waals surface area contributed by atoms with Crippen molar-refractivity contribution in [3.8, 4) is 0 Å². The SMILES string of the molecule is O=C1C2=CC=CCC1C=CC=C2. The van der Waals surface area contributed by atoms with Gasteiger partial charge in [-0.25, -0.2) is 0 Å². The Morgan fingerprint density at radius 3 is 3.08 bits per heavy atom. The quantitative estimate of drug-likeness (QED) is 0.528. The molecule has 0 aromatic rings. The van der Waals surface area contributed by atoms with E-state index in [1.54, 1.807) is 0 Å². The van der Waals surface area contributed by atoms with Gasteiger partial charge in [0.2, 0.25) is 0 Å². The number of ketones is 1. The lowest BCUT2D eigenvalue weighted by Gasteiger charge is -2.05. The molecule has 0 heterocycles. The van der Waals surface area contributed by atoms with Gasteiger partial charge in [0.15, 0.2) is 5.78 Å². The van der Waals surface area contributed by atoms with Gasteiger partial charge in [-0.2, -0.15) is 0 Å². The molecule has 0 aliphatic heterocycles. The number of Topliss-reactive ketones (excluding diaryl/α,β-unsaturated/α-hetero) is 1. The molecule has 1 heteroatoms. The summed E-state index contributed by atoms with van der Waals surface area (Å²) in [6.07, 6.45) is 14.4. The van der Waals surface area contributed by atoms with Crippen molar-refractivity contribution >= 4 is 5.78 Å². The Kier molecular flexibility index (Phi) is 1.78. The fraction of sp³-hybridized carbons (Fsp3) is 0.182. The van der Waals surface area contributed by atoms with Crippen LogP contribution in [-0.2, 0) is 4.79 Å². The van der Waals surface area contributed by atoms with Gasteiger partial charge < -0.3 is 0 Å². The Morgan fingerprint density at radius 2 is 2.17 bits per heavy atom. The van der Waals surface area contributed by atoms with Gasteiger partial charge in [-0.15, -0.1) is 0 Å². The number of carbonyl (C=O) groups is 1. The molecule has 0 aromatic heterocycles. The number of hydrogen-bond acceptors (Lipinski definition) is 1. The van der Waals surface area contributed by atoms with Crippen LogP contribution in [0.15, 0.2) is 48.1 Å². The van der Waals surface area contributed by atoms with Crippen molar-refractivity contribution in [2.45, 2.75) is 6.42 Å². The van der Waals surface area contributed by atoms with Gasteiger partial charge in [-0.1, -0.05) is 42.5 Å². The van der Waals surface area contributed by atoms with Crippen LogP contribution in [-0.4, -0.2) is 5.78 Å². The van der Waals surface area contributed by atoms with Crippen LogP contribution in [0.25, 0.3) is 0 Å². The Bertz CT molecular complexity index is 316. The number of fused-ring (bicyclic) bond motifs is 2. The van der Waals surface area contributed by atoms with Crippen LogP contribution in [0.4, 0.5) is 0 Å². The number of rotatable bonds is 0. The van der Waals surface area contributed by atoms with E-state index in [-0.39, 0.29) is 11.7 Å². The minimum atomic E-state index is 0.0602. The molecular formula is C11H10O. The predicted octanol–water partition coefficient (Wildman–Crippen LogP) is 2.18. The van der Waals surface area contributed by atoms with Gasteiger partial charge in [-0.3, -0.25) is 4.79 Å². The first-order chi connectivity index (χ1) is 5.88. The zero-order valence-electron chi connectivity index (χ0n) is 6.73. The first-order valence-corrected chi connectivity index (χ1v) is 4.14. The first kappa shape index (κ1) is 7.29. The zero-order chi connectivity index (χ0) is 8.39. The number of carbonyl (C=O) groups excluding carboxylic acids is 1. The molecule has 0 saturated heterocycles. The van der Waals surface area contributed by atoms with Gasteiger partial charge in [0, 0.05) is 11.5 Å².